The first-order valence-electron chi connectivity index (χ1n) is 7.99. The highest BCUT2D eigenvalue weighted by Crippen LogP contribution is 2.28. The van der Waals surface area contributed by atoms with Gasteiger partial charge in [0.15, 0.2) is 0 Å². The van der Waals surface area contributed by atoms with Gasteiger partial charge in [0.1, 0.15) is 0 Å². The van der Waals surface area contributed by atoms with E-state index in [0.717, 1.165) is 24.1 Å². The van der Waals surface area contributed by atoms with Crippen molar-refractivity contribution in [2.75, 3.05) is 38.8 Å². The molecule has 0 atom stereocenters. The van der Waals surface area contributed by atoms with E-state index in [-0.39, 0.29) is 11.8 Å². The van der Waals surface area contributed by atoms with Gasteiger partial charge in [-0.15, -0.1) is 0 Å². The zero-order valence-electron chi connectivity index (χ0n) is 13.6. The van der Waals surface area contributed by atoms with E-state index < -0.39 is 0 Å². The lowest BCUT2D eigenvalue weighted by molar-refractivity contribution is -0.137. The summed E-state index contributed by atoms with van der Waals surface area (Å²) in [5.74, 6) is -0.0401. The zero-order valence-corrected chi connectivity index (χ0v) is 13.6. The van der Waals surface area contributed by atoms with Gasteiger partial charge in [0.25, 0.3) is 11.8 Å². The summed E-state index contributed by atoms with van der Waals surface area (Å²) < 4.78 is 5.34. The number of nitrogens with zero attached hydrogens (tertiary/aromatic N) is 2. The van der Waals surface area contributed by atoms with E-state index in [2.05, 4.69) is 0 Å². The van der Waals surface area contributed by atoms with Crippen LogP contribution in [0.15, 0.2) is 30.3 Å². The minimum absolute atomic E-state index is 0.183. The molecule has 5 nitrogen and oxygen atoms in total. The van der Waals surface area contributed by atoms with E-state index in [1.165, 1.54) is 11.0 Å². The highest BCUT2D eigenvalue weighted by atomic mass is 16.5. The molecular weight excluding hydrogens is 292 g/mol. The Morgan fingerprint density at radius 3 is 2.65 bits per heavy atom. The number of imide groups is 1. The van der Waals surface area contributed by atoms with Crippen molar-refractivity contribution in [3.63, 3.8) is 0 Å². The number of carbonyl (C=O) groups is 2. The van der Waals surface area contributed by atoms with Crippen LogP contribution < -0.4 is 4.90 Å². The molecule has 1 aromatic rings. The van der Waals surface area contributed by atoms with Crippen LogP contribution in [-0.2, 0) is 14.3 Å². The molecule has 2 aliphatic rings. The second-order valence-corrected chi connectivity index (χ2v) is 6.31. The summed E-state index contributed by atoms with van der Waals surface area (Å²) in [6.07, 6.45) is 3.28. The van der Waals surface area contributed by atoms with E-state index >= 15 is 0 Å². The minimum atomic E-state index is -0.202. The Bertz CT molecular complexity index is 645. The molecule has 1 saturated heterocycles. The lowest BCUT2D eigenvalue weighted by Gasteiger charge is -2.26. The zero-order chi connectivity index (χ0) is 16.4. The SMILES string of the molecule is CN(C)c1cccc(C2=CC(=O)N(CC3CCOCC3)C2=O)c1. The monoisotopic (exact) mass is 314 g/mol. The number of benzene rings is 1. The maximum Gasteiger partial charge on any atom is 0.261 e. The molecule has 1 fully saturated rings. The van der Waals surface area contributed by atoms with Crippen LogP contribution in [0, 0.1) is 5.92 Å². The summed E-state index contributed by atoms with van der Waals surface area (Å²) in [5, 5.41) is 0. The Labute approximate surface area is 136 Å². The van der Waals surface area contributed by atoms with Gasteiger partial charge in [-0.2, -0.15) is 0 Å². The van der Waals surface area contributed by atoms with Crippen molar-refractivity contribution in [2.24, 2.45) is 5.92 Å². The molecule has 2 amide bonds. The van der Waals surface area contributed by atoms with E-state index in [1.807, 2.05) is 43.3 Å². The van der Waals surface area contributed by atoms with Crippen LogP contribution in [-0.4, -0.2) is 50.6 Å². The van der Waals surface area contributed by atoms with Gasteiger partial charge in [0, 0.05) is 45.6 Å². The smallest absolute Gasteiger partial charge is 0.261 e. The van der Waals surface area contributed by atoms with Crippen LogP contribution in [0.25, 0.3) is 5.57 Å². The molecule has 0 unspecified atom stereocenters. The molecule has 0 bridgehead atoms. The molecule has 3 rings (SSSR count). The first-order valence-corrected chi connectivity index (χ1v) is 7.99. The second-order valence-electron chi connectivity index (χ2n) is 6.31. The maximum absolute atomic E-state index is 12.7. The van der Waals surface area contributed by atoms with Gasteiger partial charge in [0.05, 0.1) is 5.57 Å². The maximum atomic E-state index is 12.7. The quantitative estimate of drug-likeness (QED) is 0.797. The van der Waals surface area contributed by atoms with Gasteiger partial charge in [0.2, 0.25) is 0 Å². The topological polar surface area (TPSA) is 49.9 Å². The van der Waals surface area contributed by atoms with E-state index in [0.29, 0.717) is 31.2 Å². The number of hydrogen-bond acceptors (Lipinski definition) is 4. The fourth-order valence-corrected chi connectivity index (χ4v) is 3.03. The molecule has 23 heavy (non-hydrogen) atoms. The summed E-state index contributed by atoms with van der Waals surface area (Å²) in [6.45, 7) is 1.92. The lowest BCUT2D eigenvalue weighted by Crippen LogP contribution is -2.37. The molecule has 0 N–H and O–H groups in total. The number of rotatable bonds is 4. The molecule has 0 saturated carbocycles. The first kappa shape index (κ1) is 15.7. The predicted molar refractivity (Wildman–Crippen MR) is 89.0 cm³/mol. The second kappa shape index (κ2) is 6.54. The Kier molecular flexibility index (Phi) is 4.48. The highest BCUT2D eigenvalue weighted by molar-refractivity contribution is 6.33. The van der Waals surface area contributed by atoms with Crippen LogP contribution in [0.1, 0.15) is 18.4 Å². The van der Waals surface area contributed by atoms with Gasteiger partial charge in [-0.25, -0.2) is 0 Å². The van der Waals surface area contributed by atoms with Crippen molar-refractivity contribution in [3.05, 3.63) is 35.9 Å². The third-order valence-corrected chi connectivity index (χ3v) is 4.46. The third-order valence-electron chi connectivity index (χ3n) is 4.46. The average Bonchev–Trinajstić information content (AvgIpc) is 2.84. The first-order chi connectivity index (χ1) is 11.1. The standard InChI is InChI=1S/C18H22N2O3/c1-19(2)15-5-3-4-14(10-15)16-11-17(21)20(18(16)22)12-13-6-8-23-9-7-13/h3-5,10-11,13H,6-9,12H2,1-2H3. The lowest BCUT2D eigenvalue weighted by atomic mass is 9.99. The number of amides is 2. The van der Waals surface area contributed by atoms with Gasteiger partial charge in [-0.1, -0.05) is 12.1 Å². The molecular formula is C18H22N2O3. The molecule has 2 heterocycles. The summed E-state index contributed by atoms with van der Waals surface area (Å²) in [6, 6.07) is 7.70. The van der Waals surface area contributed by atoms with Crippen molar-refractivity contribution in [3.8, 4) is 0 Å². The van der Waals surface area contributed by atoms with Crippen molar-refractivity contribution < 1.29 is 14.3 Å². The third kappa shape index (κ3) is 3.29. The number of anilines is 1. The molecule has 122 valence electrons. The summed E-state index contributed by atoms with van der Waals surface area (Å²) in [7, 11) is 3.90. The van der Waals surface area contributed by atoms with Gasteiger partial charge in [-0.3, -0.25) is 14.5 Å². The van der Waals surface area contributed by atoms with Gasteiger partial charge in [-0.05, 0) is 36.5 Å². The predicted octanol–water partition coefficient (Wildman–Crippen LogP) is 1.93. The molecule has 0 aliphatic carbocycles. The van der Waals surface area contributed by atoms with Gasteiger partial charge < -0.3 is 9.64 Å². The summed E-state index contributed by atoms with van der Waals surface area (Å²) in [5.41, 5.74) is 2.29. The Balaban J connectivity index is 1.77. The van der Waals surface area contributed by atoms with Crippen molar-refractivity contribution in [2.45, 2.75) is 12.8 Å². The summed E-state index contributed by atoms with van der Waals surface area (Å²) >= 11 is 0. The number of ether oxygens (including phenoxy) is 1. The van der Waals surface area contributed by atoms with Crippen LogP contribution in [0.5, 0.6) is 0 Å². The highest BCUT2D eigenvalue weighted by Gasteiger charge is 2.33. The van der Waals surface area contributed by atoms with Gasteiger partial charge >= 0.3 is 0 Å². The van der Waals surface area contributed by atoms with Crippen LogP contribution >= 0.6 is 0 Å². The van der Waals surface area contributed by atoms with E-state index in [1.54, 1.807) is 0 Å². The number of carbonyl (C=O) groups excluding carboxylic acids is 2. The minimum Gasteiger partial charge on any atom is -0.381 e. The van der Waals surface area contributed by atoms with Crippen molar-refractivity contribution in [1.82, 2.24) is 4.90 Å². The molecule has 0 spiro atoms. The average molecular weight is 314 g/mol. The largest absolute Gasteiger partial charge is 0.381 e. The number of hydrogen-bond donors (Lipinski definition) is 0. The van der Waals surface area contributed by atoms with Crippen molar-refractivity contribution in [1.29, 1.82) is 0 Å². The van der Waals surface area contributed by atoms with Crippen molar-refractivity contribution >= 4 is 23.1 Å². The Morgan fingerprint density at radius 2 is 1.96 bits per heavy atom. The van der Waals surface area contributed by atoms with Crippen LogP contribution in [0.3, 0.4) is 0 Å². The van der Waals surface area contributed by atoms with E-state index in [9.17, 15) is 9.59 Å². The summed E-state index contributed by atoms with van der Waals surface area (Å²) in [4.78, 5) is 28.3. The fraction of sp³-hybridized carbons (Fsp3) is 0.444. The molecule has 1 aromatic carbocycles. The fourth-order valence-electron chi connectivity index (χ4n) is 3.03. The van der Waals surface area contributed by atoms with E-state index in [4.69, 9.17) is 4.74 Å². The van der Waals surface area contributed by atoms with Crippen LogP contribution in [0.2, 0.25) is 0 Å². The Hall–Kier alpha value is -2.14. The van der Waals surface area contributed by atoms with Crippen LogP contribution in [0.4, 0.5) is 5.69 Å². The molecule has 2 aliphatic heterocycles. The molecule has 0 aromatic heterocycles. The molecule has 0 radical (unpaired) electrons. The Morgan fingerprint density at radius 1 is 1.22 bits per heavy atom. The normalized spacial score (nSPS) is 19.2. The molecule has 5 heteroatoms.